The van der Waals surface area contributed by atoms with E-state index in [1.165, 1.54) is 12.1 Å². The highest BCUT2D eigenvalue weighted by molar-refractivity contribution is 6.36. The normalized spacial score (nSPS) is 14.9. The van der Waals surface area contributed by atoms with Crippen LogP contribution >= 0.6 is 11.6 Å². The Morgan fingerprint density at radius 3 is 2.28 bits per heavy atom. The van der Waals surface area contributed by atoms with Crippen LogP contribution in [0.15, 0.2) is 54.2 Å². The molecular weight excluding hydrogens is 405 g/mol. The lowest BCUT2D eigenvalue weighted by Crippen LogP contribution is -2.35. The first kappa shape index (κ1) is 20.9. The van der Waals surface area contributed by atoms with Crippen LogP contribution in [0.25, 0.3) is 5.57 Å². The number of hydrogen-bond acceptors (Lipinski definition) is 3. The number of anilines is 1. The molecule has 0 atom stereocenters. The molecule has 1 aliphatic rings. The third-order valence-corrected chi connectivity index (χ3v) is 4.56. The summed E-state index contributed by atoms with van der Waals surface area (Å²) in [4.78, 5) is 27.0. The topological polar surface area (TPSA) is 49.4 Å². The van der Waals surface area contributed by atoms with Gasteiger partial charge in [0.05, 0.1) is 11.1 Å². The van der Waals surface area contributed by atoms with Crippen LogP contribution in [0, 0.1) is 5.92 Å². The van der Waals surface area contributed by atoms with Crippen molar-refractivity contribution < 1.29 is 22.8 Å². The first-order valence-corrected chi connectivity index (χ1v) is 9.26. The Bertz CT molecular complexity index is 982. The fourth-order valence-corrected chi connectivity index (χ4v) is 3.15. The monoisotopic (exact) mass is 422 g/mol. The molecule has 0 aliphatic carbocycles. The van der Waals surface area contributed by atoms with Gasteiger partial charge in [0.25, 0.3) is 11.8 Å². The maximum Gasteiger partial charge on any atom is 0.416 e. The smallest absolute Gasteiger partial charge is 0.350 e. The van der Waals surface area contributed by atoms with Gasteiger partial charge in [-0.25, -0.2) is 0 Å². The number of rotatable bonds is 5. The van der Waals surface area contributed by atoms with Crippen LogP contribution in [0.3, 0.4) is 0 Å². The summed E-state index contributed by atoms with van der Waals surface area (Å²) >= 11 is 5.91. The minimum Gasteiger partial charge on any atom is -0.350 e. The van der Waals surface area contributed by atoms with Crippen molar-refractivity contribution in [1.29, 1.82) is 0 Å². The van der Waals surface area contributed by atoms with E-state index in [4.69, 9.17) is 11.6 Å². The molecule has 2 aromatic carbocycles. The average molecular weight is 423 g/mol. The van der Waals surface area contributed by atoms with E-state index in [0.29, 0.717) is 10.6 Å². The number of hydrogen-bond donors (Lipinski definition) is 1. The van der Waals surface area contributed by atoms with Gasteiger partial charge in [0.2, 0.25) is 0 Å². The van der Waals surface area contributed by atoms with Gasteiger partial charge in [-0.15, -0.1) is 0 Å². The summed E-state index contributed by atoms with van der Waals surface area (Å²) in [6.45, 7) is 3.92. The fraction of sp³-hybridized carbons (Fsp3) is 0.238. The van der Waals surface area contributed by atoms with Crippen molar-refractivity contribution in [2.75, 3.05) is 11.9 Å². The highest BCUT2D eigenvalue weighted by atomic mass is 35.5. The molecule has 0 radical (unpaired) electrons. The van der Waals surface area contributed by atoms with E-state index in [-0.39, 0.29) is 29.4 Å². The standard InChI is InChI=1S/C21H18ClF3N2O2/c1-12(2)11-27-19(28)17(13-6-8-15(22)9-7-13)18(20(27)29)26-16-5-3-4-14(10-16)21(23,24)25/h3-10,12,26H,11H2,1-2H3. The van der Waals surface area contributed by atoms with Crippen molar-refractivity contribution in [3.05, 3.63) is 70.4 Å². The quantitative estimate of drug-likeness (QED) is 0.673. The maximum atomic E-state index is 13.0. The van der Waals surface area contributed by atoms with Crippen molar-refractivity contribution in [2.45, 2.75) is 20.0 Å². The Morgan fingerprint density at radius 2 is 1.69 bits per heavy atom. The summed E-state index contributed by atoms with van der Waals surface area (Å²) in [6, 6.07) is 10.8. The number of amides is 2. The molecule has 2 aromatic rings. The van der Waals surface area contributed by atoms with E-state index in [9.17, 15) is 22.8 Å². The van der Waals surface area contributed by atoms with Crippen molar-refractivity contribution in [3.8, 4) is 0 Å². The number of nitrogens with one attached hydrogen (secondary N) is 1. The second kappa shape index (κ2) is 7.91. The first-order chi connectivity index (χ1) is 13.6. The lowest BCUT2D eigenvalue weighted by atomic mass is 10.0. The van der Waals surface area contributed by atoms with Gasteiger partial charge in [-0.1, -0.05) is 43.6 Å². The molecule has 152 valence electrons. The molecule has 1 aliphatic heterocycles. The average Bonchev–Trinajstić information content (AvgIpc) is 2.86. The molecule has 0 fully saturated rings. The molecular formula is C21H18ClF3N2O2. The molecule has 2 amide bonds. The number of nitrogens with zero attached hydrogens (tertiary/aromatic N) is 1. The molecule has 0 unspecified atom stereocenters. The summed E-state index contributed by atoms with van der Waals surface area (Å²) in [5.74, 6) is -1.05. The number of benzene rings is 2. The minimum atomic E-state index is -4.52. The van der Waals surface area contributed by atoms with Crippen LogP contribution in [0.4, 0.5) is 18.9 Å². The summed E-state index contributed by atoms with van der Waals surface area (Å²) in [7, 11) is 0. The molecule has 1 heterocycles. The van der Waals surface area contributed by atoms with Crippen LogP contribution in [0.1, 0.15) is 25.0 Å². The van der Waals surface area contributed by atoms with Crippen LogP contribution in [-0.4, -0.2) is 23.3 Å². The summed E-state index contributed by atoms with van der Waals surface area (Å²) in [5.41, 5.74) is -0.295. The van der Waals surface area contributed by atoms with E-state index in [1.54, 1.807) is 24.3 Å². The predicted octanol–water partition coefficient (Wildman–Crippen LogP) is 5.21. The van der Waals surface area contributed by atoms with E-state index in [0.717, 1.165) is 17.0 Å². The Morgan fingerprint density at radius 1 is 1.03 bits per heavy atom. The third-order valence-electron chi connectivity index (χ3n) is 4.31. The number of halogens is 4. The highest BCUT2D eigenvalue weighted by Gasteiger charge is 2.39. The van der Waals surface area contributed by atoms with Gasteiger partial charge < -0.3 is 5.32 Å². The van der Waals surface area contributed by atoms with Crippen LogP contribution < -0.4 is 5.32 Å². The number of imide groups is 1. The zero-order valence-electron chi connectivity index (χ0n) is 15.7. The molecule has 0 aromatic heterocycles. The SMILES string of the molecule is CC(C)CN1C(=O)C(Nc2cccc(C(F)(F)F)c2)=C(c2ccc(Cl)cc2)C1=O. The van der Waals surface area contributed by atoms with Crippen molar-refractivity contribution >= 4 is 34.7 Å². The van der Waals surface area contributed by atoms with Gasteiger partial charge in [-0.2, -0.15) is 13.2 Å². The van der Waals surface area contributed by atoms with E-state index < -0.39 is 23.6 Å². The van der Waals surface area contributed by atoms with Crippen LogP contribution in [0.2, 0.25) is 5.02 Å². The zero-order valence-corrected chi connectivity index (χ0v) is 16.4. The van der Waals surface area contributed by atoms with Gasteiger partial charge in [0.15, 0.2) is 0 Å². The van der Waals surface area contributed by atoms with Gasteiger partial charge in [-0.3, -0.25) is 14.5 Å². The fourth-order valence-electron chi connectivity index (χ4n) is 3.02. The van der Waals surface area contributed by atoms with Gasteiger partial charge in [-0.05, 0) is 41.8 Å². The Hall–Kier alpha value is -2.80. The Balaban J connectivity index is 2.06. The molecule has 3 rings (SSSR count). The maximum absolute atomic E-state index is 13.0. The molecule has 0 saturated heterocycles. The Kier molecular flexibility index (Phi) is 5.71. The summed E-state index contributed by atoms with van der Waals surface area (Å²) < 4.78 is 39.1. The summed E-state index contributed by atoms with van der Waals surface area (Å²) in [5, 5.41) is 3.19. The molecule has 8 heteroatoms. The van der Waals surface area contributed by atoms with Crippen molar-refractivity contribution in [3.63, 3.8) is 0 Å². The molecule has 29 heavy (non-hydrogen) atoms. The largest absolute Gasteiger partial charge is 0.416 e. The molecule has 4 nitrogen and oxygen atoms in total. The van der Waals surface area contributed by atoms with Gasteiger partial charge >= 0.3 is 6.18 Å². The van der Waals surface area contributed by atoms with Crippen LogP contribution in [-0.2, 0) is 15.8 Å². The highest BCUT2D eigenvalue weighted by Crippen LogP contribution is 2.34. The third kappa shape index (κ3) is 4.45. The van der Waals surface area contributed by atoms with E-state index in [1.807, 2.05) is 13.8 Å². The van der Waals surface area contributed by atoms with Gasteiger partial charge in [0.1, 0.15) is 5.70 Å². The molecule has 0 bridgehead atoms. The number of carbonyl (C=O) groups excluding carboxylic acids is 2. The molecule has 0 spiro atoms. The minimum absolute atomic E-state index is 0.0299. The van der Waals surface area contributed by atoms with Crippen molar-refractivity contribution in [2.24, 2.45) is 5.92 Å². The second-order valence-corrected chi connectivity index (χ2v) is 7.51. The lowest BCUT2D eigenvalue weighted by molar-refractivity contribution is -0.138. The Labute approximate surface area is 171 Å². The van der Waals surface area contributed by atoms with Gasteiger partial charge in [0, 0.05) is 17.3 Å². The second-order valence-electron chi connectivity index (χ2n) is 7.08. The van der Waals surface area contributed by atoms with E-state index >= 15 is 0 Å². The lowest BCUT2D eigenvalue weighted by Gasteiger charge is -2.17. The van der Waals surface area contributed by atoms with Crippen LogP contribution in [0.5, 0.6) is 0 Å². The predicted molar refractivity (Wildman–Crippen MR) is 105 cm³/mol. The summed E-state index contributed by atoms with van der Waals surface area (Å²) in [6.07, 6.45) is -4.52. The van der Waals surface area contributed by atoms with Crippen molar-refractivity contribution in [1.82, 2.24) is 4.90 Å². The first-order valence-electron chi connectivity index (χ1n) is 8.88. The zero-order chi connectivity index (χ0) is 21.3. The molecule has 0 saturated carbocycles. The van der Waals surface area contributed by atoms with E-state index in [2.05, 4.69) is 5.32 Å². The number of carbonyl (C=O) groups is 2. The molecule has 1 N–H and O–H groups in total. The number of alkyl halides is 3.